The summed E-state index contributed by atoms with van der Waals surface area (Å²) in [6.45, 7) is 2.18. The van der Waals surface area contributed by atoms with Gasteiger partial charge in [-0.2, -0.15) is 0 Å². The molecule has 0 bridgehead atoms. The van der Waals surface area contributed by atoms with Crippen LogP contribution in [0.4, 0.5) is 5.69 Å². The van der Waals surface area contributed by atoms with Crippen LogP contribution in [0.15, 0.2) is 54.6 Å². The molecule has 2 rings (SSSR count). The van der Waals surface area contributed by atoms with E-state index in [2.05, 4.69) is 10.6 Å². The lowest BCUT2D eigenvalue weighted by Crippen LogP contribution is -2.32. The minimum Gasteiger partial charge on any atom is -0.376 e. The first-order chi connectivity index (χ1) is 9.65. The second-order valence-electron chi connectivity index (χ2n) is 4.56. The van der Waals surface area contributed by atoms with Gasteiger partial charge in [-0.1, -0.05) is 41.9 Å². The third-order valence-electron chi connectivity index (χ3n) is 2.95. The zero-order chi connectivity index (χ0) is 14.4. The summed E-state index contributed by atoms with van der Waals surface area (Å²) in [5.41, 5.74) is 1.92. The number of hydrogen-bond acceptors (Lipinski definition) is 2. The molecule has 2 aromatic carbocycles. The van der Waals surface area contributed by atoms with Crippen molar-refractivity contribution in [2.24, 2.45) is 0 Å². The molecule has 4 heteroatoms. The quantitative estimate of drug-likeness (QED) is 0.882. The standard InChI is InChI=1S/C16H17ClN2O/c1-12(13-6-5-7-14(17)10-13)19-16(20)11-18-15-8-3-2-4-9-15/h2-10,12,18H,11H2,1H3,(H,19,20). The molecule has 1 amide bonds. The highest BCUT2D eigenvalue weighted by Crippen LogP contribution is 2.17. The number of amides is 1. The molecule has 1 atom stereocenters. The minimum atomic E-state index is -0.0706. The van der Waals surface area contributed by atoms with E-state index in [-0.39, 0.29) is 18.5 Å². The average Bonchev–Trinajstić information content (AvgIpc) is 2.46. The predicted octanol–water partition coefficient (Wildman–Crippen LogP) is 3.63. The van der Waals surface area contributed by atoms with E-state index in [1.165, 1.54) is 0 Å². The van der Waals surface area contributed by atoms with Crippen molar-refractivity contribution in [3.05, 3.63) is 65.2 Å². The Labute approximate surface area is 124 Å². The van der Waals surface area contributed by atoms with Gasteiger partial charge in [0.15, 0.2) is 0 Å². The molecule has 0 saturated heterocycles. The number of benzene rings is 2. The van der Waals surface area contributed by atoms with Gasteiger partial charge in [-0.15, -0.1) is 0 Å². The van der Waals surface area contributed by atoms with Gasteiger partial charge < -0.3 is 10.6 Å². The predicted molar refractivity (Wildman–Crippen MR) is 82.9 cm³/mol. The lowest BCUT2D eigenvalue weighted by molar-refractivity contribution is -0.120. The summed E-state index contributed by atoms with van der Waals surface area (Å²) < 4.78 is 0. The zero-order valence-corrected chi connectivity index (χ0v) is 12.0. The van der Waals surface area contributed by atoms with Gasteiger partial charge in [0, 0.05) is 10.7 Å². The monoisotopic (exact) mass is 288 g/mol. The number of para-hydroxylation sites is 1. The molecule has 0 spiro atoms. The van der Waals surface area contributed by atoms with Crippen molar-refractivity contribution < 1.29 is 4.79 Å². The second kappa shape index (κ2) is 6.96. The van der Waals surface area contributed by atoms with E-state index in [1.54, 1.807) is 0 Å². The molecular weight excluding hydrogens is 272 g/mol. The molecule has 1 unspecified atom stereocenters. The van der Waals surface area contributed by atoms with E-state index in [1.807, 2.05) is 61.5 Å². The number of nitrogens with one attached hydrogen (secondary N) is 2. The largest absolute Gasteiger partial charge is 0.376 e. The smallest absolute Gasteiger partial charge is 0.239 e. The second-order valence-corrected chi connectivity index (χ2v) is 5.00. The Morgan fingerprint density at radius 3 is 2.60 bits per heavy atom. The van der Waals surface area contributed by atoms with Gasteiger partial charge in [0.2, 0.25) is 5.91 Å². The van der Waals surface area contributed by atoms with Crippen molar-refractivity contribution in [2.45, 2.75) is 13.0 Å². The lowest BCUT2D eigenvalue weighted by Gasteiger charge is -2.15. The van der Waals surface area contributed by atoms with Crippen molar-refractivity contribution in [1.29, 1.82) is 0 Å². The Kier molecular flexibility index (Phi) is 5.02. The molecule has 0 fully saturated rings. The van der Waals surface area contributed by atoms with E-state index in [0.29, 0.717) is 5.02 Å². The van der Waals surface area contributed by atoms with Gasteiger partial charge >= 0.3 is 0 Å². The topological polar surface area (TPSA) is 41.1 Å². The third-order valence-corrected chi connectivity index (χ3v) is 3.19. The molecule has 3 nitrogen and oxygen atoms in total. The highest BCUT2D eigenvalue weighted by atomic mass is 35.5. The van der Waals surface area contributed by atoms with Gasteiger partial charge in [-0.25, -0.2) is 0 Å². The number of carbonyl (C=O) groups excluding carboxylic acids is 1. The Bertz CT molecular complexity index is 572. The normalized spacial score (nSPS) is 11.7. The summed E-state index contributed by atoms with van der Waals surface area (Å²) >= 11 is 5.94. The summed E-state index contributed by atoms with van der Waals surface area (Å²) in [6, 6.07) is 17.1. The van der Waals surface area contributed by atoms with Crippen LogP contribution < -0.4 is 10.6 Å². The van der Waals surface area contributed by atoms with Crippen molar-refractivity contribution in [1.82, 2.24) is 5.32 Å². The van der Waals surface area contributed by atoms with Gasteiger partial charge in [0.1, 0.15) is 0 Å². The lowest BCUT2D eigenvalue weighted by atomic mass is 10.1. The molecular formula is C16H17ClN2O. The zero-order valence-electron chi connectivity index (χ0n) is 11.3. The molecule has 0 radical (unpaired) electrons. The van der Waals surface area contributed by atoms with E-state index < -0.39 is 0 Å². The fourth-order valence-corrected chi connectivity index (χ4v) is 2.09. The van der Waals surface area contributed by atoms with Gasteiger partial charge in [0.05, 0.1) is 12.6 Å². The first-order valence-corrected chi connectivity index (χ1v) is 6.86. The highest BCUT2D eigenvalue weighted by Gasteiger charge is 2.09. The molecule has 0 aliphatic rings. The Morgan fingerprint density at radius 2 is 1.90 bits per heavy atom. The van der Waals surface area contributed by atoms with Crippen molar-refractivity contribution >= 4 is 23.2 Å². The number of hydrogen-bond donors (Lipinski definition) is 2. The van der Waals surface area contributed by atoms with Gasteiger partial charge in [0.25, 0.3) is 0 Å². The molecule has 2 N–H and O–H groups in total. The molecule has 0 heterocycles. The molecule has 20 heavy (non-hydrogen) atoms. The highest BCUT2D eigenvalue weighted by molar-refractivity contribution is 6.30. The summed E-state index contributed by atoms with van der Waals surface area (Å²) in [7, 11) is 0. The fourth-order valence-electron chi connectivity index (χ4n) is 1.89. The van der Waals surface area contributed by atoms with Crippen LogP contribution in [0.5, 0.6) is 0 Å². The Balaban J connectivity index is 1.85. The van der Waals surface area contributed by atoms with Crippen molar-refractivity contribution in [3.63, 3.8) is 0 Å². The fraction of sp³-hybridized carbons (Fsp3) is 0.188. The molecule has 0 aliphatic heterocycles. The maximum absolute atomic E-state index is 11.9. The maximum atomic E-state index is 11.9. The van der Waals surface area contributed by atoms with Crippen LogP contribution in [-0.4, -0.2) is 12.5 Å². The summed E-state index contributed by atoms with van der Waals surface area (Å²) in [6.07, 6.45) is 0. The molecule has 0 aromatic heterocycles. The van der Waals surface area contributed by atoms with E-state index >= 15 is 0 Å². The number of rotatable bonds is 5. The molecule has 104 valence electrons. The van der Waals surface area contributed by atoms with Crippen molar-refractivity contribution in [2.75, 3.05) is 11.9 Å². The first kappa shape index (κ1) is 14.4. The minimum absolute atomic E-state index is 0.0543. The van der Waals surface area contributed by atoms with Crippen LogP contribution in [0.2, 0.25) is 5.02 Å². The third kappa shape index (κ3) is 4.28. The molecule has 2 aromatic rings. The van der Waals surface area contributed by atoms with Crippen LogP contribution in [0.1, 0.15) is 18.5 Å². The van der Waals surface area contributed by atoms with E-state index in [4.69, 9.17) is 11.6 Å². The van der Waals surface area contributed by atoms with Crippen LogP contribution in [0, 0.1) is 0 Å². The first-order valence-electron chi connectivity index (χ1n) is 6.49. The molecule has 0 saturated carbocycles. The number of anilines is 1. The van der Waals surface area contributed by atoms with Crippen LogP contribution in [0.25, 0.3) is 0 Å². The summed E-state index contributed by atoms with van der Waals surface area (Å²) in [5.74, 6) is -0.0543. The number of carbonyl (C=O) groups is 1. The summed E-state index contributed by atoms with van der Waals surface area (Å²) in [4.78, 5) is 11.9. The summed E-state index contributed by atoms with van der Waals surface area (Å²) in [5, 5.41) is 6.68. The number of halogens is 1. The maximum Gasteiger partial charge on any atom is 0.239 e. The van der Waals surface area contributed by atoms with E-state index in [9.17, 15) is 4.79 Å². The Morgan fingerprint density at radius 1 is 1.15 bits per heavy atom. The SMILES string of the molecule is CC(NC(=O)CNc1ccccc1)c1cccc(Cl)c1. The van der Waals surface area contributed by atoms with Gasteiger partial charge in [-0.05, 0) is 36.8 Å². The van der Waals surface area contributed by atoms with Crippen LogP contribution in [0.3, 0.4) is 0 Å². The van der Waals surface area contributed by atoms with Crippen LogP contribution in [-0.2, 0) is 4.79 Å². The molecule has 0 aliphatic carbocycles. The van der Waals surface area contributed by atoms with Gasteiger partial charge in [-0.3, -0.25) is 4.79 Å². The van der Waals surface area contributed by atoms with Crippen molar-refractivity contribution in [3.8, 4) is 0 Å². The van der Waals surface area contributed by atoms with E-state index in [0.717, 1.165) is 11.3 Å². The average molecular weight is 289 g/mol. The Hall–Kier alpha value is -2.00. The van der Waals surface area contributed by atoms with Crippen LogP contribution >= 0.6 is 11.6 Å².